The quantitative estimate of drug-likeness (QED) is 0.339. The molecule has 0 N–H and O–H groups in total. The molecule has 0 radical (unpaired) electrons. The Balaban J connectivity index is 0.000000324. The maximum atomic E-state index is 12.5. The van der Waals surface area contributed by atoms with Crippen LogP contribution in [-0.4, -0.2) is 59.6 Å². The molecular weight excluding hydrogens is 675 g/mol. The van der Waals surface area contributed by atoms with Crippen molar-refractivity contribution in [3.63, 3.8) is 0 Å². The molecule has 2 saturated heterocycles. The minimum absolute atomic E-state index is 0. The maximum absolute atomic E-state index is 12.5. The molecule has 2 amide bonds. The van der Waals surface area contributed by atoms with Gasteiger partial charge in [-0.25, -0.2) is 0 Å². The molecule has 6 nitrogen and oxygen atoms in total. The third kappa shape index (κ3) is 8.54. The number of hydrogen-bond acceptors (Lipinski definition) is 4. The number of pyridine rings is 1. The Labute approximate surface area is 264 Å². The first-order chi connectivity index (χ1) is 17.9. The van der Waals surface area contributed by atoms with Gasteiger partial charge in [0, 0.05) is 57.2 Å². The summed E-state index contributed by atoms with van der Waals surface area (Å²) < 4.78 is 48.5. The van der Waals surface area contributed by atoms with Crippen LogP contribution in [-0.2, 0) is 20.6 Å². The number of rotatable bonds is 4. The van der Waals surface area contributed by atoms with Crippen LogP contribution in [0.4, 0.5) is 17.6 Å². The largest absolute Gasteiger partial charge is 2.00 e. The Morgan fingerprint density at radius 3 is 2.41 bits per heavy atom. The van der Waals surface area contributed by atoms with Gasteiger partial charge in [-0.3, -0.25) is 14.2 Å². The van der Waals surface area contributed by atoms with Crippen molar-refractivity contribution in [3.8, 4) is 0 Å². The first-order valence-electron chi connectivity index (χ1n) is 12.4. The number of piperidine rings is 2. The number of benzene rings is 1. The Hall–Kier alpha value is -1.91. The SMILES string of the molecule is CC(C)[CH-]C(=O)N1CCC2(CC1)CC(=O)N(C)CC2c1cccnc1.O=[C-]c1cc(C(F)(F)F)ccc1F.[Yb+2]. The van der Waals surface area contributed by atoms with E-state index in [0.29, 0.717) is 24.6 Å². The molecule has 0 aliphatic carbocycles. The summed E-state index contributed by atoms with van der Waals surface area (Å²) in [5.41, 5.74) is -0.626. The second-order valence-corrected chi connectivity index (χ2v) is 10.2. The van der Waals surface area contributed by atoms with Crippen LogP contribution in [0.5, 0.6) is 0 Å². The van der Waals surface area contributed by atoms with E-state index in [1.165, 1.54) is 5.56 Å². The predicted molar refractivity (Wildman–Crippen MR) is 133 cm³/mol. The van der Waals surface area contributed by atoms with Gasteiger partial charge in [0.1, 0.15) is 0 Å². The molecule has 0 bridgehead atoms. The molecule has 39 heavy (non-hydrogen) atoms. The molecule has 2 fully saturated rings. The number of carbonyl (C=O) groups excluding carboxylic acids is 3. The van der Waals surface area contributed by atoms with Crippen molar-refractivity contribution in [2.45, 2.75) is 45.2 Å². The Morgan fingerprint density at radius 1 is 1.21 bits per heavy atom. The smallest absolute Gasteiger partial charge is 0.376 e. The van der Waals surface area contributed by atoms with Crippen LogP contribution < -0.4 is 0 Å². The van der Waals surface area contributed by atoms with Crippen LogP contribution in [0.1, 0.15) is 55.7 Å². The van der Waals surface area contributed by atoms with Crippen LogP contribution >= 0.6 is 0 Å². The number of amides is 2. The van der Waals surface area contributed by atoms with Gasteiger partial charge in [0.05, 0.1) is 12.2 Å². The second kappa shape index (κ2) is 14.1. The Bertz CT molecular complexity index is 1140. The Morgan fingerprint density at radius 2 is 1.87 bits per heavy atom. The van der Waals surface area contributed by atoms with Gasteiger partial charge in [0.2, 0.25) is 5.91 Å². The predicted octanol–water partition coefficient (Wildman–Crippen LogP) is 4.80. The summed E-state index contributed by atoms with van der Waals surface area (Å²) in [7, 11) is 1.88. The molecule has 1 aromatic heterocycles. The zero-order valence-electron chi connectivity index (χ0n) is 21.9. The standard InChI is InChI=1S/C20H28N3O2.C8H3F4O.Yb/c1-15(2)11-18(24)23-9-6-20(7-10-23)12-19(25)22(3)14-17(20)16-5-4-8-21-13-16;9-7-2-1-6(8(10,11)12)3-5(7)4-13;/h4-5,8,11,13,15,17H,6-7,9-10,12,14H2,1-3H3;1-3H;/q2*-1;+2. The number of hydrogen-bond donors (Lipinski definition) is 0. The molecule has 3 heterocycles. The maximum Gasteiger partial charge on any atom is 2.00 e. The van der Waals surface area contributed by atoms with E-state index in [4.69, 9.17) is 0 Å². The van der Waals surface area contributed by atoms with E-state index >= 15 is 0 Å². The van der Waals surface area contributed by atoms with Crippen molar-refractivity contribution in [2.24, 2.45) is 11.3 Å². The van der Waals surface area contributed by atoms with E-state index in [1.54, 1.807) is 12.6 Å². The topological polar surface area (TPSA) is 70.6 Å². The van der Waals surface area contributed by atoms with Crippen LogP contribution in [0.2, 0.25) is 0 Å². The first-order valence-corrected chi connectivity index (χ1v) is 12.4. The van der Waals surface area contributed by atoms with E-state index in [9.17, 15) is 31.9 Å². The number of halogens is 4. The molecule has 1 aromatic carbocycles. The summed E-state index contributed by atoms with van der Waals surface area (Å²) in [6.45, 7) is 6.25. The third-order valence-electron chi connectivity index (χ3n) is 7.16. The fourth-order valence-electron chi connectivity index (χ4n) is 5.04. The summed E-state index contributed by atoms with van der Waals surface area (Å²) in [6, 6.07) is 5.66. The molecule has 11 heteroatoms. The Kier molecular flexibility index (Phi) is 12.1. The van der Waals surface area contributed by atoms with Gasteiger partial charge in [-0.05, 0) is 35.4 Å². The molecule has 1 unspecified atom stereocenters. The summed E-state index contributed by atoms with van der Waals surface area (Å²) in [4.78, 5) is 42.8. The normalized spacial score (nSPS) is 18.7. The zero-order valence-corrected chi connectivity index (χ0v) is 23.6. The molecule has 2 aliphatic heterocycles. The second-order valence-electron chi connectivity index (χ2n) is 10.2. The molecule has 2 aliphatic rings. The van der Waals surface area contributed by atoms with Crippen molar-refractivity contribution in [2.75, 3.05) is 26.7 Å². The van der Waals surface area contributed by atoms with E-state index in [2.05, 4.69) is 11.1 Å². The third-order valence-corrected chi connectivity index (χ3v) is 7.16. The van der Waals surface area contributed by atoms with Crippen LogP contribution in [0.3, 0.4) is 0 Å². The van der Waals surface area contributed by atoms with Crippen molar-refractivity contribution in [3.05, 3.63) is 71.7 Å². The van der Waals surface area contributed by atoms with E-state index < -0.39 is 23.1 Å². The number of nitrogens with zero attached hydrogens (tertiary/aromatic N) is 3. The van der Waals surface area contributed by atoms with Gasteiger partial charge in [-0.2, -0.15) is 19.1 Å². The average molecular weight is 707 g/mol. The molecule has 0 saturated carbocycles. The van der Waals surface area contributed by atoms with Gasteiger partial charge < -0.3 is 25.8 Å². The summed E-state index contributed by atoms with van der Waals surface area (Å²) >= 11 is 0. The van der Waals surface area contributed by atoms with Gasteiger partial charge in [0.25, 0.3) is 0 Å². The fraction of sp³-hybridized carbons (Fsp3) is 0.464. The van der Waals surface area contributed by atoms with Crippen molar-refractivity contribution in [1.29, 1.82) is 0 Å². The summed E-state index contributed by atoms with van der Waals surface area (Å²) in [5.74, 6) is -0.120. The first kappa shape index (κ1) is 33.3. The molecule has 1 spiro atoms. The summed E-state index contributed by atoms with van der Waals surface area (Å²) in [6.07, 6.45) is 4.35. The van der Waals surface area contributed by atoms with Crippen LogP contribution in [0, 0.1) is 70.5 Å². The van der Waals surface area contributed by atoms with Crippen molar-refractivity contribution >= 4 is 18.1 Å². The van der Waals surface area contributed by atoms with E-state index in [-0.39, 0.29) is 76.0 Å². The van der Waals surface area contributed by atoms with Gasteiger partial charge >= 0.3 is 53.1 Å². The van der Waals surface area contributed by atoms with E-state index in [1.807, 2.05) is 43.0 Å². The van der Waals surface area contributed by atoms with Crippen LogP contribution in [0.25, 0.3) is 0 Å². The van der Waals surface area contributed by atoms with Gasteiger partial charge in [-0.15, -0.1) is 11.6 Å². The van der Waals surface area contributed by atoms with Gasteiger partial charge in [-0.1, -0.05) is 32.0 Å². The minimum Gasteiger partial charge on any atom is -0.376 e. The number of likely N-dealkylation sites (N-methyl/N-ethyl adjacent to an activating group) is 1. The zero-order chi connectivity index (χ0) is 28.1. The van der Waals surface area contributed by atoms with Crippen molar-refractivity contribution < 1.29 is 78.9 Å². The summed E-state index contributed by atoms with van der Waals surface area (Å²) in [5, 5.41) is 0. The molecular formula is C28H31F4N3O3Yb. The molecule has 4 rings (SSSR count). The number of carbonyl (C=O) groups is 2. The fourth-order valence-corrected chi connectivity index (χ4v) is 5.04. The number of alkyl halides is 3. The van der Waals surface area contributed by atoms with Gasteiger partial charge in [0.15, 0.2) is 0 Å². The number of likely N-dealkylation sites (tertiary alicyclic amines) is 2. The average Bonchev–Trinajstić information content (AvgIpc) is 2.87. The molecule has 218 valence electrons. The number of aromatic nitrogens is 1. The molecule has 2 aromatic rings. The minimum atomic E-state index is -4.57. The van der Waals surface area contributed by atoms with Crippen LogP contribution in [0.15, 0.2) is 42.7 Å². The monoisotopic (exact) mass is 707 g/mol. The van der Waals surface area contributed by atoms with E-state index in [0.717, 1.165) is 38.8 Å². The molecule has 1 atom stereocenters. The van der Waals surface area contributed by atoms with Crippen molar-refractivity contribution in [1.82, 2.24) is 14.8 Å².